The van der Waals surface area contributed by atoms with E-state index in [1.54, 1.807) is 6.07 Å². The third kappa shape index (κ3) is 4.88. The molecule has 0 aliphatic rings. The zero-order valence-electron chi connectivity index (χ0n) is 13.3. The molecule has 0 aliphatic heterocycles. The van der Waals surface area contributed by atoms with Crippen LogP contribution in [0.25, 0.3) is 0 Å². The molecule has 1 aromatic heterocycles. The molecule has 0 fully saturated rings. The molecule has 23 heavy (non-hydrogen) atoms. The second-order valence-corrected chi connectivity index (χ2v) is 5.14. The molecule has 1 aromatic carbocycles. The van der Waals surface area contributed by atoms with Crippen molar-refractivity contribution >= 4 is 11.9 Å². The van der Waals surface area contributed by atoms with Crippen molar-refractivity contribution in [2.24, 2.45) is 0 Å². The largest absolute Gasteiger partial charge is 0.486 e. The quantitative estimate of drug-likeness (QED) is 0.828. The second-order valence-electron chi connectivity index (χ2n) is 5.14. The first kappa shape index (κ1) is 16.6. The van der Waals surface area contributed by atoms with Crippen LogP contribution in [0.4, 0.5) is 0 Å². The van der Waals surface area contributed by atoms with Crippen LogP contribution in [0, 0.1) is 13.8 Å². The van der Waals surface area contributed by atoms with Crippen LogP contribution in [0.2, 0.25) is 0 Å². The number of nitrogens with one attached hydrogen (secondary N) is 1. The summed E-state index contributed by atoms with van der Waals surface area (Å²) in [6.45, 7) is 4.00. The Morgan fingerprint density at radius 3 is 2.48 bits per heavy atom. The van der Waals surface area contributed by atoms with E-state index < -0.39 is 11.9 Å². The monoisotopic (exact) mass is 317 g/mol. The van der Waals surface area contributed by atoms with E-state index in [1.807, 2.05) is 26.0 Å². The van der Waals surface area contributed by atoms with E-state index in [-0.39, 0.29) is 18.9 Å². The van der Waals surface area contributed by atoms with Gasteiger partial charge in [0.05, 0.1) is 7.11 Å². The number of methoxy groups -OCH3 is 1. The fourth-order valence-corrected chi connectivity index (χ4v) is 2.06. The Labute approximate surface area is 134 Å². The van der Waals surface area contributed by atoms with E-state index in [0.717, 1.165) is 16.9 Å². The van der Waals surface area contributed by atoms with Gasteiger partial charge >= 0.3 is 5.97 Å². The van der Waals surface area contributed by atoms with Crippen molar-refractivity contribution in [1.82, 2.24) is 5.32 Å². The first-order valence-electron chi connectivity index (χ1n) is 7.13. The molecule has 0 unspecified atom stereocenters. The van der Waals surface area contributed by atoms with Gasteiger partial charge < -0.3 is 19.2 Å². The van der Waals surface area contributed by atoms with Crippen molar-refractivity contribution in [3.05, 3.63) is 53.0 Å². The summed E-state index contributed by atoms with van der Waals surface area (Å²) in [5.41, 5.74) is 2.23. The third-order valence-corrected chi connectivity index (χ3v) is 3.08. The molecule has 0 radical (unpaired) electrons. The maximum Gasteiger partial charge on any atom is 0.325 e. The van der Waals surface area contributed by atoms with E-state index >= 15 is 0 Å². The fourth-order valence-electron chi connectivity index (χ4n) is 2.06. The summed E-state index contributed by atoms with van der Waals surface area (Å²) < 4.78 is 15.5. The molecule has 0 aliphatic carbocycles. The zero-order valence-corrected chi connectivity index (χ0v) is 13.3. The van der Waals surface area contributed by atoms with Crippen LogP contribution in [0.5, 0.6) is 5.75 Å². The van der Waals surface area contributed by atoms with Gasteiger partial charge in [0.2, 0.25) is 0 Å². The predicted molar refractivity (Wildman–Crippen MR) is 83.3 cm³/mol. The number of benzene rings is 1. The van der Waals surface area contributed by atoms with Crippen molar-refractivity contribution < 1.29 is 23.5 Å². The lowest BCUT2D eigenvalue weighted by molar-refractivity contribution is -0.139. The van der Waals surface area contributed by atoms with Gasteiger partial charge in [-0.05, 0) is 49.2 Å². The average molecular weight is 317 g/mol. The Balaban J connectivity index is 1.91. The van der Waals surface area contributed by atoms with Gasteiger partial charge in [0, 0.05) is 0 Å². The molecule has 0 saturated heterocycles. The van der Waals surface area contributed by atoms with E-state index in [2.05, 4.69) is 16.1 Å². The first-order valence-corrected chi connectivity index (χ1v) is 7.13. The molecule has 2 aromatic rings. The molecule has 0 atom stereocenters. The van der Waals surface area contributed by atoms with Crippen LogP contribution < -0.4 is 10.1 Å². The average Bonchev–Trinajstić information content (AvgIpc) is 2.98. The number of hydrogen-bond acceptors (Lipinski definition) is 5. The highest BCUT2D eigenvalue weighted by Crippen LogP contribution is 2.18. The summed E-state index contributed by atoms with van der Waals surface area (Å²) in [6.07, 6.45) is 0. The molecule has 1 heterocycles. The molecule has 1 amide bonds. The van der Waals surface area contributed by atoms with Crippen LogP contribution >= 0.6 is 0 Å². The first-order chi connectivity index (χ1) is 11.0. The van der Waals surface area contributed by atoms with Gasteiger partial charge in [0.1, 0.15) is 24.7 Å². The Bertz CT molecular complexity index is 685. The molecule has 2 rings (SSSR count). The number of hydrogen-bond donors (Lipinski definition) is 1. The van der Waals surface area contributed by atoms with Gasteiger partial charge in [-0.3, -0.25) is 9.59 Å². The molecule has 1 N–H and O–H groups in total. The molecular formula is C17H19NO5. The predicted octanol–water partition coefficient (Wildman–Crippen LogP) is 2.38. The topological polar surface area (TPSA) is 77.8 Å². The van der Waals surface area contributed by atoms with Crippen LogP contribution in [-0.2, 0) is 16.1 Å². The van der Waals surface area contributed by atoms with Crippen molar-refractivity contribution in [3.63, 3.8) is 0 Å². The molecule has 6 nitrogen and oxygen atoms in total. The molecular weight excluding hydrogens is 298 g/mol. The maximum absolute atomic E-state index is 11.8. The highest BCUT2D eigenvalue weighted by molar-refractivity contribution is 5.93. The summed E-state index contributed by atoms with van der Waals surface area (Å²) in [6, 6.07) is 9.12. The number of aryl methyl sites for hydroxylation is 2. The SMILES string of the molecule is COC(=O)CNC(=O)c1ccc(COc2cc(C)cc(C)c2)o1. The lowest BCUT2D eigenvalue weighted by Crippen LogP contribution is -2.29. The van der Waals surface area contributed by atoms with Crippen molar-refractivity contribution in [2.45, 2.75) is 20.5 Å². The van der Waals surface area contributed by atoms with Crippen LogP contribution in [0.15, 0.2) is 34.7 Å². The highest BCUT2D eigenvalue weighted by Gasteiger charge is 2.13. The number of esters is 1. The number of carbonyl (C=O) groups excluding carboxylic acids is 2. The Kier molecular flexibility index (Phi) is 5.41. The van der Waals surface area contributed by atoms with Gasteiger partial charge in [-0.2, -0.15) is 0 Å². The van der Waals surface area contributed by atoms with Crippen LogP contribution in [0.1, 0.15) is 27.4 Å². The standard InChI is InChI=1S/C17H19NO5/c1-11-6-12(2)8-14(7-11)22-10-13-4-5-15(23-13)17(20)18-9-16(19)21-3/h4-8H,9-10H2,1-3H3,(H,18,20). The zero-order chi connectivity index (χ0) is 16.8. The minimum Gasteiger partial charge on any atom is -0.486 e. The third-order valence-electron chi connectivity index (χ3n) is 3.08. The van der Waals surface area contributed by atoms with E-state index in [1.165, 1.54) is 13.2 Å². The Morgan fingerprint density at radius 2 is 1.83 bits per heavy atom. The molecule has 0 spiro atoms. The summed E-state index contributed by atoms with van der Waals surface area (Å²) in [7, 11) is 1.25. The number of rotatable bonds is 6. The van der Waals surface area contributed by atoms with Gasteiger partial charge in [-0.25, -0.2) is 0 Å². The van der Waals surface area contributed by atoms with Crippen molar-refractivity contribution in [3.8, 4) is 5.75 Å². The number of ether oxygens (including phenoxy) is 2. The van der Waals surface area contributed by atoms with Crippen molar-refractivity contribution in [1.29, 1.82) is 0 Å². The summed E-state index contributed by atoms with van der Waals surface area (Å²) >= 11 is 0. The lowest BCUT2D eigenvalue weighted by Gasteiger charge is -2.06. The van der Waals surface area contributed by atoms with Gasteiger partial charge in [-0.15, -0.1) is 0 Å². The number of amides is 1. The van der Waals surface area contributed by atoms with Crippen LogP contribution in [0.3, 0.4) is 0 Å². The van der Waals surface area contributed by atoms with Gasteiger partial charge in [0.15, 0.2) is 5.76 Å². The Hall–Kier alpha value is -2.76. The fraction of sp³-hybridized carbons (Fsp3) is 0.294. The second kappa shape index (κ2) is 7.49. The van der Waals surface area contributed by atoms with Crippen molar-refractivity contribution in [2.75, 3.05) is 13.7 Å². The highest BCUT2D eigenvalue weighted by atomic mass is 16.5. The maximum atomic E-state index is 11.8. The summed E-state index contributed by atoms with van der Waals surface area (Å²) in [5, 5.41) is 2.40. The number of furan rings is 1. The summed E-state index contributed by atoms with van der Waals surface area (Å²) in [4.78, 5) is 22.8. The smallest absolute Gasteiger partial charge is 0.325 e. The molecule has 0 saturated carbocycles. The minimum atomic E-state index is -0.525. The normalized spacial score (nSPS) is 10.2. The number of carbonyl (C=O) groups is 2. The van der Waals surface area contributed by atoms with Gasteiger partial charge in [0.25, 0.3) is 5.91 Å². The Morgan fingerprint density at radius 1 is 1.13 bits per heavy atom. The van der Waals surface area contributed by atoms with E-state index in [0.29, 0.717) is 5.76 Å². The van der Waals surface area contributed by atoms with E-state index in [4.69, 9.17) is 9.15 Å². The van der Waals surface area contributed by atoms with Crippen LogP contribution in [-0.4, -0.2) is 25.5 Å². The molecule has 122 valence electrons. The lowest BCUT2D eigenvalue weighted by atomic mass is 10.1. The molecule has 0 bridgehead atoms. The van der Waals surface area contributed by atoms with E-state index in [9.17, 15) is 9.59 Å². The summed E-state index contributed by atoms with van der Waals surface area (Å²) in [5.74, 6) is 0.382. The minimum absolute atomic E-state index is 0.118. The molecule has 6 heteroatoms. The van der Waals surface area contributed by atoms with Gasteiger partial charge in [-0.1, -0.05) is 6.07 Å².